The summed E-state index contributed by atoms with van der Waals surface area (Å²) in [5, 5.41) is 12.2. The molecule has 1 heterocycles. The molecule has 2 rings (SSSR count). The fourth-order valence-electron chi connectivity index (χ4n) is 2.78. The van der Waals surface area contributed by atoms with Crippen LogP contribution in [0.25, 0.3) is 0 Å². The Bertz CT molecular complexity index is 529. The van der Waals surface area contributed by atoms with Crippen molar-refractivity contribution >= 4 is 17.7 Å². The third kappa shape index (κ3) is 2.79. The number of carbonyl (C=O) groups is 2. The highest BCUT2D eigenvalue weighted by atomic mass is 16.5. The van der Waals surface area contributed by atoms with Gasteiger partial charge in [0, 0.05) is 12.2 Å². The van der Waals surface area contributed by atoms with Gasteiger partial charge in [0.05, 0.1) is 7.11 Å². The van der Waals surface area contributed by atoms with E-state index in [2.05, 4.69) is 5.32 Å². The van der Waals surface area contributed by atoms with E-state index < -0.39 is 11.5 Å². The summed E-state index contributed by atoms with van der Waals surface area (Å²) < 4.78 is 5.06. The summed E-state index contributed by atoms with van der Waals surface area (Å²) in [6, 6.07) is 6.55. The van der Waals surface area contributed by atoms with E-state index in [1.165, 1.54) is 4.90 Å². The Morgan fingerprint density at radius 3 is 2.57 bits per heavy atom. The maximum atomic E-state index is 12.4. The van der Waals surface area contributed by atoms with E-state index in [9.17, 15) is 14.7 Å². The Balaban J connectivity index is 2.13. The predicted molar refractivity (Wildman–Crippen MR) is 78.6 cm³/mol. The van der Waals surface area contributed by atoms with Crippen LogP contribution in [0.3, 0.4) is 0 Å². The fraction of sp³-hybridized carbons (Fsp3) is 0.467. The number of ether oxygens (including phenoxy) is 1. The van der Waals surface area contributed by atoms with Gasteiger partial charge in [-0.05, 0) is 43.5 Å². The molecule has 6 heteroatoms. The van der Waals surface area contributed by atoms with Crippen molar-refractivity contribution in [1.29, 1.82) is 0 Å². The molecule has 1 aliphatic heterocycles. The summed E-state index contributed by atoms with van der Waals surface area (Å²) in [4.78, 5) is 25.4. The zero-order valence-electron chi connectivity index (χ0n) is 12.3. The Morgan fingerprint density at radius 1 is 1.38 bits per heavy atom. The van der Waals surface area contributed by atoms with Crippen molar-refractivity contribution in [3.05, 3.63) is 24.3 Å². The third-order valence-corrected chi connectivity index (χ3v) is 4.06. The molecule has 0 bridgehead atoms. The zero-order chi connectivity index (χ0) is 15.5. The number of hydrogen-bond acceptors (Lipinski definition) is 3. The number of benzene rings is 1. The van der Waals surface area contributed by atoms with Gasteiger partial charge in [-0.2, -0.15) is 0 Å². The van der Waals surface area contributed by atoms with E-state index in [1.807, 2.05) is 0 Å². The molecule has 0 aliphatic carbocycles. The quantitative estimate of drug-likeness (QED) is 0.894. The number of carboxylic acids is 1. The standard InChI is InChI=1S/C15H20N2O4/c1-3-15(13(18)19)9-4-10-17(15)14(20)16-11-5-7-12(21-2)8-6-11/h5-8H,3-4,9-10H2,1-2H3,(H,16,20)(H,18,19). The van der Waals surface area contributed by atoms with Crippen LogP contribution in [0.2, 0.25) is 0 Å². The molecule has 2 amide bonds. The molecule has 1 saturated heterocycles. The van der Waals surface area contributed by atoms with Crippen LogP contribution < -0.4 is 10.1 Å². The van der Waals surface area contributed by atoms with E-state index in [-0.39, 0.29) is 6.03 Å². The fourth-order valence-corrected chi connectivity index (χ4v) is 2.78. The highest BCUT2D eigenvalue weighted by Crippen LogP contribution is 2.33. The second kappa shape index (κ2) is 6.03. The summed E-state index contributed by atoms with van der Waals surface area (Å²) in [5.41, 5.74) is -0.473. The van der Waals surface area contributed by atoms with Crippen LogP contribution in [0.4, 0.5) is 10.5 Å². The molecule has 0 aromatic heterocycles. The van der Waals surface area contributed by atoms with Crippen molar-refractivity contribution in [2.75, 3.05) is 19.0 Å². The Kier molecular flexibility index (Phi) is 4.35. The molecule has 0 spiro atoms. The average Bonchev–Trinajstić information content (AvgIpc) is 2.93. The third-order valence-electron chi connectivity index (χ3n) is 4.06. The van der Waals surface area contributed by atoms with Gasteiger partial charge in [-0.3, -0.25) is 0 Å². The van der Waals surface area contributed by atoms with Crippen molar-refractivity contribution in [2.45, 2.75) is 31.7 Å². The molecule has 1 aromatic rings. The van der Waals surface area contributed by atoms with E-state index in [0.29, 0.717) is 37.2 Å². The molecule has 0 radical (unpaired) electrons. The normalized spacial score (nSPS) is 21.1. The first-order valence-electron chi connectivity index (χ1n) is 6.99. The second-order valence-corrected chi connectivity index (χ2v) is 5.10. The second-order valence-electron chi connectivity index (χ2n) is 5.10. The molecule has 1 aliphatic rings. The number of nitrogens with zero attached hydrogens (tertiary/aromatic N) is 1. The van der Waals surface area contributed by atoms with Gasteiger partial charge in [-0.25, -0.2) is 9.59 Å². The van der Waals surface area contributed by atoms with Crippen molar-refractivity contribution in [3.63, 3.8) is 0 Å². The molecule has 2 N–H and O–H groups in total. The first-order chi connectivity index (χ1) is 10.0. The Morgan fingerprint density at radius 2 is 2.05 bits per heavy atom. The van der Waals surface area contributed by atoms with E-state index in [4.69, 9.17) is 4.74 Å². The number of methoxy groups -OCH3 is 1. The van der Waals surface area contributed by atoms with E-state index in [1.54, 1.807) is 38.3 Å². The van der Waals surface area contributed by atoms with Crippen molar-refractivity contribution in [1.82, 2.24) is 4.90 Å². The van der Waals surface area contributed by atoms with Crippen molar-refractivity contribution in [3.8, 4) is 5.75 Å². The molecule has 1 unspecified atom stereocenters. The van der Waals surface area contributed by atoms with Gasteiger partial charge >= 0.3 is 12.0 Å². The Hall–Kier alpha value is -2.24. The number of hydrogen-bond donors (Lipinski definition) is 2. The minimum Gasteiger partial charge on any atom is -0.497 e. The number of amides is 2. The van der Waals surface area contributed by atoms with Crippen LogP contribution in [-0.4, -0.2) is 41.2 Å². The number of anilines is 1. The van der Waals surface area contributed by atoms with Gasteiger partial charge in [-0.15, -0.1) is 0 Å². The van der Waals surface area contributed by atoms with Gasteiger partial charge < -0.3 is 20.1 Å². The average molecular weight is 292 g/mol. The smallest absolute Gasteiger partial charge is 0.329 e. The summed E-state index contributed by atoms with van der Waals surface area (Å²) >= 11 is 0. The molecule has 21 heavy (non-hydrogen) atoms. The number of aliphatic carboxylic acids is 1. The number of urea groups is 1. The number of nitrogens with one attached hydrogen (secondary N) is 1. The number of carboxylic acid groups (broad SMARTS) is 1. The number of likely N-dealkylation sites (tertiary alicyclic amines) is 1. The van der Waals surface area contributed by atoms with Gasteiger partial charge in [0.1, 0.15) is 11.3 Å². The zero-order valence-corrected chi connectivity index (χ0v) is 12.3. The SMILES string of the molecule is CCC1(C(=O)O)CCCN1C(=O)Nc1ccc(OC)cc1. The monoisotopic (exact) mass is 292 g/mol. The van der Waals surface area contributed by atoms with Crippen LogP contribution in [0.15, 0.2) is 24.3 Å². The highest BCUT2D eigenvalue weighted by Gasteiger charge is 2.48. The molecule has 1 aromatic carbocycles. The molecule has 114 valence electrons. The van der Waals surface area contributed by atoms with Crippen molar-refractivity contribution in [2.24, 2.45) is 0 Å². The first-order valence-corrected chi connectivity index (χ1v) is 6.99. The first kappa shape index (κ1) is 15.2. The number of rotatable bonds is 4. The lowest BCUT2D eigenvalue weighted by atomic mass is 9.93. The lowest BCUT2D eigenvalue weighted by molar-refractivity contribution is -0.148. The maximum Gasteiger partial charge on any atom is 0.329 e. The molecule has 1 fully saturated rings. The van der Waals surface area contributed by atoms with Crippen LogP contribution in [0, 0.1) is 0 Å². The minimum atomic E-state index is -1.09. The van der Waals surface area contributed by atoms with Gasteiger partial charge in [0.25, 0.3) is 0 Å². The van der Waals surface area contributed by atoms with E-state index >= 15 is 0 Å². The summed E-state index contributed by atoms with van der Waals surface area (Å²) in [7, 11) is 1.57. The summed E-state index contributed by atoms with van der Waals surface area (Å²) in [5.74, 6) is -0.241. The molecular formula is C15H20N2O4. The van der Waals surface area contributed by atoms with Crippen LogP contribution in [-0.2, 0) is 4.79 Å². The van der Waals surface area contributed by atoms with Crippen LogP contribution >= 0.6 is 0 Å². The Labute approximate surface area is 123 Å². The van der Waals surface area contributed by atoms with Crippen molar-refractivity contribution < 1.29 is 19.4 Å². The highest BCUT2D eigenvalue weighted by molar-refractivity contribution is 5.94. The summed E-state index contributed by atoms with van der Waals surface area (Å²) in [6.45, 7) is 2.26. The van der Waals surface area contributed by atoms with E-state index in [0.717, 1.165) is 0 Å². The lowest BCUT2D eigenvalue weighted by Crippen LogP contribution is -2.54. The maximum absolute atomic E-state index is 12.4. The van der Waals surface area contributed by atoms with Gasteiger partial charge in [0.2, 0.25) is 0 Å². The predicted octanol–water partition coefficient (Wildman–Crippen LogP) is 2.56. The minimum absolute atomic E-state index is 0.373. The van der Waals surface area contributed by atoms with Crippen LogP contribution in [0.1, 0.15) is 26.2 Å². The van der Waals surface area contributed by atoms with Gasteiger partial charge in [-0.1, -0.05) is 6.92 Å². The molecule has 0 saturated carbocycles. The lowest BCUT2D eigenvalue weighted by Gasteiger charge is -2.33. The molecule has 1 atom stereocenters. The summed E-state index contributed by atoms with van der Waals surface area (Å²) in [6.07, 6.45) is 1.60. The topological polar surface area (TPSA) is 78.9 Å². The molecular weight excluding hydrogens is 272 g/mol. The largest absolute Gasteiger partial charge is 0.497 e. The van der Waals surface area contributed by atoms with Gasteiger partial charge in [0.15, 0.2) is 0 Å². The van der Waals surface area contributed by atoms with Crippen LogP contribution in [0.5, 0.6) is 5.75 Å². The number of carbonyl (C=O) groups excluding carboxylic acids is 1. The molecule has 6 nitrogen and oxygen atoms in total.